The zero-order valence-corrected chi connectivity index (χ0v) is 16.5. The van der Waals surface area contributed by atoms with Crippen molar-refractivity contribution in [1.82, 2.24) is 15.6 Å². The predicted octanol–water partition coefficient (Wildman–Crippen LogP) is 3.95. The van der Waals surface area contributed by atoms with Crippen molar-refractivity contribution in [1.29, 1.82) is 0 Å². The third-order valence-corrected chi connectivity index (χ3v) is 3.64. The summed E-state index contributed by atoms with van der Waals surface area (Å²) in [6.07, 6.45) is 4.23. The van der Waals surface area contributed by atoms with Crippen LogP contribution in [0, 0.1) is 5.92 Å². The van der Waals surface area contributed by atoms with Gasteiger partial charge in [-0.15, -0.1) is 24.0 Å². The quantitative estimate of drug-likeness (QED) is 0.318. The number of pyridine rings is 1. The highest BCUT2D eigenvalue weighted by atomic mass is 127. The van der Waals surface area contributed by atoms with Crippen molar-refractivity contribution in [2.45, 2.75) is 33.2 Å². The van der Waals surface area contributed by atoms with E-state index in [0.29, 0.717) is 0 Å². The van der Waals surface area contributed by atoms with E-state index in [2.05, 4.69) is 58.7 Å². The Morgan fingerprint density at radius 3 is 2.70 bits per heavy atom. The van der Waals surface area contributed by atoms with Crippen molar-refractivity contribution >= 4 is 40.8 Å². The Morgan fingerprint density at radius 1 is 1.17 bits per heavy atom. The van der Waals surface area contributed by atoms with E-state index in [9.17, 15) is 0 Å². The maximum absolute atomic E-state index is 4.48. The second-order valence-electron chi connectivity index (χ2n) is 5.88. The first-order valence-electron chi connectivity index (χ1n) is 7.98. The number of hydrogen-bond donors (Lipinski definition) is 2. The van der Waals surface area contributed by atoms with Crippen LogP contribution in [0.4, 0.5) is 0 Å². The first-order chi connectivity index (χ1) is 10.7. The van der Waals surface area contributed by atoms with Crippen LogP contribution in [-0.4, -0.2) is 24.5 Å². The van der Waals surface area contributed by atoms with Gasteiger partial charge in [0.1, 0.15) is 0 Å². The van der Waals surface area contributed by atoms with Crippen LogP contribution >= 0.6 is 24.0 Å². The molecule has 5 heteroatoms. The number of benzene rings is 1. The molecular weight excluding hydrogens is 399 g/mol. The van der Waals surface area contributed by atoms with Crippen LogP contribution in [0.1, 0.15) is 32.3 Å². The van der Waals surface area contributed by atoms with Crippen molar-refractivity contribution in [3.05, 3.63) is 42.1 Å². The third kappa shape index (κ3) is 6.33. The summed E-state index contributed by atoms with van der Waals surface area (Å²) in [5.41, 5.74) is 2.23. The highest BCUT2D eigenvalue weighted by Crippen LogP contribution is 2.15. The van der Waals surface area contributed by atoms with Crippen LogP contribution in [0.2, 0.25) is 0 Å². The lowest BCUT2D eigenvalue weighted by Crippen LogP contribution is -2.37. The summed E-state index contributed by atoms with van der Waals surface area (Å²) >= 11 is 0. The number of fused-ring (bicyclic) bond motifs is 1. The molecule has 2 N–H and O–H groups in total. The molecule has 0 bridgehead atoms. The van der Waals surface area contributed by atoms with E-state index in [4.69, 9.17) is 0 Å². The highest BCUT2D eigenvalue weighted by molar-refractivity contribution is 14.0. The molecule has 0 saturated carbocycles. The minimum Gasteiger partial charge on any atom is -0.356 e. The number of aromatic nitrogens is 1. The number of para-hydroxylation sites is 1. The SMILES string of the molecule is CN=C(NCCCC(C)C)NCc1cccc2cccnc12.I. The minimum absolute atomic E-state index is 0. The predicted molar refractivity (Wildman–Crippen MR) is 109 cm³/mol. The molecule has 0 aliphatic rings. The highest BCUT2D eigenvalue weighted by Gasteiger charge is 2.03. The van der Waals surface area contributed by atoms with Gasteiger partial charge in [0.05, 0.1) is 5.52 Å². The molecule has 0 aliphatic heterocycles. The number of nitrogens with one attached hydrogen (secondary N) is 2. The number of guanidine groups is 1. The van der Waals surface area contributed by atoms with Gasteiger partial charge in [-0.05, 0) is 30.4 Å². The Balaban J connectivity index is 0.00000264. The van der Waals surface area contributed by atoms with Gasteiger partial charge >= 0.3 is 0 Å². The molecule has 2 rings (SSSR count). The number of nitrogens with zero attached hydrogens (tertiary/aromatic N) is 2. The maximum Gasteiger partial charge on any atom is 0.191 e. The molecule has 2 aromatic rings. The van der Waals surface area contributed by atoms with Crippen LogP contribution < -0.4 is 10.6 Å². The molecule has 23 heavy (non-hydrogen) atoms. The van der Waals surface area contributed by atoms with Gasteiger partial charge < -0.3 is 10.6 Å². The molecule has 1 aromatic carbocycles. The Morgan fingerprint density at radius 2 is 1.96 bits per heavy atom. The number of rotatable bonds is 6. The maximum atomic E-state index is 4.48. The van der Waals surface area contributed by atoms with E-state index in [1.165, 1.54) is 17.4 Å². The van der Waals surface area contributed by atoms with Crippen molar-refractivity contribution in [2.24, 2.45) is 10.9 Å². The van der Waals surface area contributed by atoms with Crippen molar-refractivity contribution in [2.75, 3.05) is 13.6 Å². The second-order valence-corrected chi connectivity index (χ2v) is 5.88. The molecule has 4 nitrogen and oxygen atoms in total. The second kappa shape index (κ2) is 10.4. The van der Waals surface area contributed by atoms with E-state index in [0.717, 1.165) is 36.9 Å². The summed E-state index contributed by atoms with van der Waals surface area (Å²) in [4.78, 5) is 8.75. The number of aliphatic imine (C=N–C) groups is 1. The molecule has 0 unspecified atom stereocenters. The Labute approximate surface area is 156 Å². The van der Waals surface area contributed by atoms with Gasteiger partial charge in [0.15, 0.2) is 5.96 Å². The Bertz CT molecular complexity index is 620. The Kier molecular flexibility index (Phi) is 8.91. The molecule has 126 valence electrons. The van der Waals surface area contributed by atoms with Gasteiger partial charge in [-0.25, -0.2) is 0 Å². The molecule has 0 atom stereocenters. The lowest BCUT2D eigenvalue weighted by atomic mass is 10.1. The summed E-state index contributed by atoms with van der Waals surface area (Å²) in [5, 5.41) is 7.89. The fraction of sp³-hybridized carbons (Fsp3) is 0.444. The largest absolute Gasteiger partial charge is 0.356 e. The fourth-order valence-electron chi connectivity index (χ4n) is 2.43. The molecule has 0 amide bonds. The summed E-state index contributed by atoms with van der Waals surface area (Å²) in [6, 6.07) is 10.3. The zero-order valence-electron chi connectivity index (χ0n) is 14.2. The molecular formula is C18H27IN4. The van der Waals surface area contributed by atoms with Crippen LogP contribution in [0.3, 0.4) is 0 Å². The minimum atomic E-state index is 0. The molecule has 0 radical (unpaired) electrons. The van der Waals surface area contributed by atoms with Crippen LogP contribution in [0.15, 0.2) is 41.5 Å². The van der Waals surface area contributed by atoms with E-state index < -0.39 is 0 Å². The van der Waals surface area contributed by atoms with Gasteiger partial charge in [-0.1, -0.05) is 38.1 Å². The first kappa shape index (κ1) is 19.7. The van der Waals surface area contributed by atoms with E-state index in [1.54, 1.807) is 7.05 Å². The van der Waals surface area contributed by atoms with Crippen LogP contribution in [-0.2, 0) is 6.54 Å². The lowest BCUT2D eigenvalue weighted by Gasteiger charge is -2.13. The lowest BCUT2D eigenvalue weighted by molar-refractivity contribution is 0.549. The molecule has 0 spiro atoms. The fourth-order valence-corrected chi connectivity index (χ4v) is 2.43. The zero-order chi connectivity index (χ0) is 15.8. The average Bonchev–Trinajstić information content (AvgIpc) is 2.54. The van der Waals surface area contributed by atoms with Gasteiger partial charge in [-0.2, -0.15) is 0 Å². The molecule has 0 fully saturated rings. The first-order valence-corrected chi connectivity index (χ1v) is 7.98. The standard InChI is InChI=1S/C18H26N4.HI/c1-14(2)7-5-12-21-18(19-3)22-13-16-9-4-8-15-10-6-11-20-17(15)16;/h4,6,8-11,14H,5,7,12-13H2,1-3H3,(H2,19,21,22);1H. The van der Waals surface area contributed by atoms with Crippen molar-refractivity contribution in [3.63, 3.8) is 0 Å². The van der Waals surface area contributed by atoms with Gasteiger partial charge in [-0.3, -0.25) is 9.98 Å². The number of halogens is 1. The summed E-state index contributed by atoms with van der Waals surface area (Å²) in [7, 11) is 1.80. The number of hydrogen-bond acceptors (Lipinski definition) is 2. The van der Waals surface area contributed by atoms with Crippen molar-refractivity contribution < 1.29 is 0 Å². The van der Waals surface area contributed by atoms with E-state index in [1.807, 2.05) is 12.3 Å². The van der Waals surface area contributed by atoms with Gasteiger partial charge in [0, 0.05) is 31.7 Å². The Hall–Kier alpha value is -1.37. The summed E-state index contributed by atoms with van der Waals surface area (Å²) in [5.74, 6) is 1.59. The smallest absolute Gasteiger partial charge is 0.191 e. The van der Waals surface area contributed by atoms with Crippen LogP contribution in [0.25, 0.3) is 10.9 Å². The van der Waals surface area contributed by atoms with Gasteiger partial charge in [0.2, 0.25) is 0 Å². The third-order valence-electron chi connectivity index (χ3n) is 3.64. The topological polar surface area (TPSA) is 49.3 Å². The van der Waals surface area contributed by atoms with E-state index in [-0.39, 0.29) is 24.0 Å². The van der Waals surface area contributed by atoms with Gasteiger partial charge in [0.25, 0.3) is 0 Å². The normalized spacial score (nSPS) is 11.4. The molecule has 0 aliphatic carbocycles. The molecule has 1 aromatic heterocycles. The van der Waals surface area contributed by atoms with E-state index >= 15 is 0 Å². The summed E-state index contributed by atoms with van der Waals surface area (Å²) < 4.78 is 0. The molecule has 1 heterocycles. The summed E-state index contributed by atoms with van der Waals surface area (Å²) in [6.45, 7) is 6.17. The van der Waals surface area contributed by atoms with Crippen molar-refractivity contribution in [3.8, 4) is 0 Å². The molecule has 0 saturated heterocycles. The average molecular weight is 426 g/mol. The monoisotopic (exact) mass is 426 g/mol. The van der Waals surface area contributed by atoms with Crippen LogP contribution in [0.5, 0.6) is 0 Å².